The second kappa shape index (κ2) is 5.41. The first-order chi connectivity index (χ1) is 7.56. The van der Waals surface area contributed by atoms with Crippen LogP contribution in [0.4, 0.5) is 5.69 Å². The highest BCUT2D eigenvalue weighted by atomic mass is 79.9. The third kappa shape index (κ3) is 2.90. The minimum atomic E-state index is -1.11. The minimum Gasteiger partial charge on any atom is -0.478 e. The average Bonchev–Trinajstić information content (AvgIpc) is 2.25. The van der Waals surface area contributed by atoms with Gasteiger partial charge in [0.05, 0.1) is 10.5 Å². The van der Waals surface area contributed by atoms with Crippen molar-refractivity contribution in [2.45, 2.75) is 0 Å². The smallest absolute Gasteiger partial charge is 0.336 e. The number of hydrogen-bond donors (Lipinski definition) is 1. The molecule has 0 unspecified atom stereocenters. The molecule has 0 saturated carbocycles. The molecule has 84 valence electrons. The van der Waals surface area contributed by atoms with Gasteiger partial charge in [-0.3, -0.25) is 10.1 Å². The fourth-order valence-corrected chi connectivity index (χ4v) is 1.35. The highest BCUT2D eigenvalue weighted by molar-refractivity contribution is 9.09. The summed E-state index contributed by atoms with van der Waals surface area (Å²) in [4.78, 5) is 20.8. The van der Waals surface area contributed by atoms with E-state index in [0.29, 0.717) is 10.9 Å². The van der Waals surface area contributed by atoms with Crippen LogP contribution in [0.1, 0.15) is 15.9 Å². The van der Waals surface area contributed by atoms with Crippen molar-refractivity contribution in [2.75, 3.05) is 5.33 Å². The number of nitro groups is 1. The highest BCUT2D eigenvalue weighted by Crippen LogP contribution is 2.19. The average molecular weight is 286 g/mol. The van der Waals surface area contributed by atoms with Gasteiger partial charge in [0.1, 0.15) is 0 Å². The Balaban J connectivity index is 3.26. The van der Waals surface area contributed by atoms with Crippen LogP contribution in [-0.2, 0) is 0 Å². The van der Waals surface area contributed by atoms with Crippen molar-refractivity contribution in [3.8, 4) is 0 Å². The van der Waals surface area contributed by atoms with E-state index in [9.17, 15) is 14.9 Å². The van der Waals surface area contributed by atoms with Gasteiger partial charge in [0.15, 0.2) is 0 Å². The Morgan fingerprint density at radius 1 is 1.56 bits per heavy atom. The van der Waals surface area contributed by atoms with Crippen LogP contribution in [0.3, 0.4) is 0 Å². The van der Waals surface area contributed by atoms with Crippen LogP contribution in [0, 0.1) is 10.1 Å². The van der Waals surface area contributed by atoms with Gasteiger partial charge in [0.25, 0.3) is 5.69 Å². The number of non-ortho nitro benzene ring substituents is 1. The molecule has 16 heavy (non-hydrogen) atoms. The molecule has 0 spiro atoms. The number of hydrogen-bond acceptors (Lipinski definition) is 3. The summed E-state index contributed by atoms with van der Waals surface area (Å²) in [6, 6.07) is 3.64. The molecule has 1 aromatic rings. The number of allylic oxidation sites excluding steroid dienone is 1. The van der Waals surface area contributed by atoms with Crippen LogP contribution in [0.5, 0.6) is 0 Å². The van der Waals surface area contributed by atoms with Gasteiger partial charge in [-0.2, -0.15) is 0 Å². The number of carboxylic acids is 1. The van der Waals surface area contributed by atoms with E-state index in [0.717, 1.165) is 0 Å². The van der Waals surface area contributed by atoms with Crippen LogP contribution in [0.15, 0.2) is 24.3 Å². The number of carboxylic acid groups (broad SMARTS) is 1. The van der Waals surface area contributed by atoms with Crippen molar-refractivity contribution in [3.63, 3.8) is 0 Å². The van der Waals surface area contributed by atoms with E-state index in [4.69, 9.17) is 5.11 Å². The van der Waals surface area contributed by atoms with Crippen LogP contribution in [0.25, 0.3) is 6.08 Å². The molecule has 0 fully saturated rings. The molecule has 1 aromatic carbocycles. The van der Waals surface area contributed by atoms with Crippen LogP contribution >= 0.6 is 15.9 Å². The quantitative estimate of drug-likeness (QED) is 0.524. The lowest BCUT2D eigenvalue weighted by atomic mass is 10.1. The molecule has 6 heteroatoms. The van der Waals surface area contributed by atoms with E-state index < -0.39 is 10.9 Å². The zero-order valence-corrected chi connectivity index (χ0v) is 9.68. The Morgan fingerprint density at radius 3 is 2.75 bits per heavy atom. The number of rotatable bonds is 4. The van der Waals surface area contributed by atoms with Gasteiger partial charge < -0.3 is 5.11 Å². The molecule has 1 N–H and O–H groups in total. The molecule has 0 bridgehead atoms. The number of carbonyl (C=O) groups is 1. The molecule has 0 heterocycles. The predicted octanol–water partition coefficient (Wildman–Crippen LogP) is 2.70. The lowest BCUT2D eigenvalue weighted by Crippen LogP contribution is -2.00. The third-order valence-corrected chi connectivity index (χ3v) is 2.24. The first-order valence-electron chi connectivity index (χ1n) is 4.30. The fraction of sp³-hybridized carbons (Fsp3) is 0.100. The Morgan fingerprint density at radius 2 is 2.25 bits per heavy atom. The number of nitrogens with zero attached hydrogens (tertiary/aromatic N) is 1. The normalized spacial score (nSPS) is 10.6. The van der Waals surface area contributed by atoms with E-state index >= 15 is 0 Å². The maximum absolute atomic E-state index is 10.9. The molecule has 0 amide bonds. The summed E-state index contributed by atoms with van der Waals surface area (Å²) in [5.74, 6) is -1.11. The SMILES string of the molecule is O=C(O)c1ccc([N+](=O)[O-])cc1C=CCBr. The minimum absolute atomic E-state index is 0.0443. The van der Waals surface area contributed by atoms with Gasteiger partial charge in [-0.1, -0.05) is 28.1 Å². The summed E-state index contributed by atoms with van der Waals surface area (Å²) < 4.78 is 0. The van der Waals surface area contributed by atoms with Crippen molar-refractivity contribution < 1.29 is 14.8 Å². The Hall–Kier alpha value is -1.69. The van der Waals surface area contributed by atoms with E-state index in [1.807, 2.05) is 0 Å². The molecule has 0 aliphatic heterocycles. The molecule has 0 aromatic heterocycles. The summed E-state index contributed by atoms with van der Waals surface area (Å²) in [5.41, 5.74) is 0.239. The maximum Gasteiger partial charge on any atom is 0.336 e. The summed E-state index contributed by atoms with van der Waals surface area (Å²) >= 11 is 3.15. The second-order valence-electron chi connectivity index (χ2n) is 2.89. The van der Waals surface area contributed by atoms with E-state index in [-0.39, 0.29) is 11.3 Å². The summed E-state index contributed by atoms with van der Waals surface area (Å²) in [5, 5.41) is 20.0. The van der Waals surface area contributed by atoms with Crippen LogP contribution < -0.4 is 0 Å². The monoisotopic (exact) mass is 285 g/mol. The molecule has 0 atom stereocenters. The predicted molar refractivity (Wildman–Crippen MR) is 62.9 cm³/mol. The molecular formula is C10H8BrNO4. The van der Waals surface area contributed by atoms with E-state index in [1.165, 1.54) is 24.3 Å². The van der Waals surface area contributed by atoms with Crippen molar-refractivity contribution in [2.24, 2.45) is 0 Å². The highest BCUT2D eigenvalue weighted by Gasteiger charge is 2.13. The molecule has 0 radical (unpaired) electrons. The van der Waals surface area contributed by atoms with E-state index in [1.54, 1.807) is 6.08 Å². The van der Waals surface area contributed by atoms with Gasteiger partial charge >= 0.3 is 5.97 Å². The zero-order chi connectivity index (χ0) is 12.1. The lowest BCUT2D eigenvalue weighted by Gasteiger charge is -2.00. The second-order valence-corrected chi connectivity index (χ2v) is 3.54. The molecule has 0 aliphatic rings. The Kier molecular flexibility index (Phi) is 4.19. The van der Waals surface area contributed by atoms with Gasteiger partial charge in [-0.15, -0.1) is 0 Å². The standard InChI is InChI=1S/C10H8BrNO4/c11-5-1-2-7-6-8(12(15)16)3-4-9(7)10(13)14/h1-4,6H,5H2,(H,13,14). The summed E-state index contributed by atoms with van der Waals surface area (Å²) in [6.07, 6.45) is 3.21. The molecular weight excluding hydrogens is 278 g/mol. The van der Waals surface area contributed by atoms with Gasteiger partial charge in [0.2, 0.25) is 0 Å². The van der Waals surface area contributed by atoms with E-state index in [2.05, 4.69) is 15.9 Å². The van der Waals surface area contributed by atoms with Crippen LogP contribution in [0.2, 0.25) is 0 Å². The number of alkyl halides is 1. The Bertz CT molecular complexity index is 456. The van der Waals surface area contributed by atoms with Crippen molar-refractivity contribution in [1.82, 2.24) is 0 Å². The number of benzene rings is 1. The van der Waals surface area contributed by atoms with Crippen LogP contribution in [-0.4, -0.2) is 21.3 Å². The first-order valence-corrected chi connectivity index (χ1v) is 5.42. The van der Waals surface area contributed by atoms with Crippen molar-refractivity contribution >= 4 is 33.7 Å². The Labute approximate surface area is 99.7 Å². The van der Waals surface area contributed by atoms with Gasteiger partial charge in [0, 0.05) is 17.5 Å². The number of nitro benzene ring substituents is 1. The molecule has 0 saturated heterocycles. The van der Waals surface area contributed by atoms with Crippen molar-refractivity contribution in [1.29, 1.82) is 0 Å². The fourth-order valence-electron chi connectivity index (χ4n) is 1.17. The largest absolute Gasteiger partial charge is 0.478 e. The maximum atomic E-state index is 10.9. The molecule has 5 nitrogen and oxygen atoms in total. The van der Waals surface area contributed by atoms with Crippen molar-refractivity contribution in [3.05, 3.63) is 45.5 Å². The number of aromatic carboxylic acids is 1. The van der Waals surface area contributed by atoms with Gasteiger partial charge in [-0.25, -0.2) is 4.79 Å². The molecule has 1 rings (SSSR count). The first kappa shape index (κ1) is 12.4. The number of halogens is 1. The third-order valence-electron chi connectivity index (χ3n) is 1.86. The van der Waals surface area contributed by atoms with Gasteiger partial charge in [-0.05, 0) is 11.6 Å². The lowest BCUT2D eigenvalue weighted by molar-refractivity contribution is -0.384. The molecule has 0 aliphatic carbocycles. The summed E-state index contributed by atoms with van der Waals surface area (Å²) in [6.45, 7) is 0. The zero-order valence-electron chi connectivity index (χ0n) is 8.09. The summed E-state index contributed by atoms with van der Waals surface area (Å²) in [7, 11) is 0. The topological polar surface area (TPSA) is 80.4 Å².